The van der Waals surface area contributed by atoms with Crippen LogP contribution in [0.3, 0.4) is 0 Å². The van der Waals surface area contributed by atoms with E-state index in [2.05, 4.69) is 13.8 Å². The van der Waals surface area contributed by atoms with E-state index in [1.165, 1.54) is 64.2 Å². The Balaban J connectivity index is 1.59. The zero-order chi connectivity index (χ0) is 16.2. The summed E-state index contributed by atoms with van der Waals surface area (Å²) in [6.45, 7) is 4.91. The van der Waals surface area contributed by atoms with Crippen molar-refractivity contribution in [3.8, 4) is 0 Å². The fourth-order valence-corrected chi connectivity index (χ4v) is 8.12. The van der Waals surface area contributed by atoms with Crippen LogP contribution in [0.2, 0.25) is 0 Å². The van der Waals surface area contributed by atoms with Gasteiger partial charge in [0, 0.05) is 5.38 Å². The molecule has 0 amide bonds. The molecule has 0 aromatic carbocycles. The second kappa shape index (κ2) is 6.20. The van der Waals surface area contributed by atoms with Crippen molar-refractivity contribution < 1.29 is 5.11 Å². The number of hydrogen-bond donors (Lipinski definition) is 1. The third kappa shape index (κ3) is 2.60. The second-order valence-corrected chi connectivity index (χ2v) is 10.3. The summed E-state index contributed by atoms with van der Waals surface area (Å²) in [7, 11) is 0. The third-order valence-corrected chi connectivity index (χ3v) is 9.05. The van der Waals surface area contributed by atoms with Crippen LogP contribution in [-0.4, -0.2) is 16.6 Å². The van der Waals surface area contributed by atoms with Gasteiger partial charge in [0.1, 0.15) is 0 Å². The summed E-state index contributed by atoms with van der Waals surface area (Å²) < 4.78 is 0. The van der Waals surface area contributed by atoms with Gasteiger partial charge in [-0.2, -0.15) is 0 Å². The van der Waals surface area contributed by atoms with Gasteiger partial charge < -0.3 is 5.11 Å². The molecule has 0 aromatic heterocycles. The number of halogens is 1. The van der Waals surface area contributed by atoms with Crippen molar-refractivity contribution in [2.45, 2.75) is 89.5 Å². The van der Waals surface area contributed by atoms with Gasteiger partial charge in [0.05, 0.1) is 6.10 Å². The summed E-state index contributed by atoms with van der Waals surface area (Å²) in [5.41, 5.74) is 0.273. The van der Waals surface area contributed by atoms with Gasteiger partial charge in [-0.15, -0.1) is 11.6 Å². The Morgan fingerprint density at radius 2 is 1.52 bits per heavy atom. The van der Waals surface area contributed by atoms with Crippen molar-refractivity contribution in [2.75, 3.05) is 0 Å². The maximum absolute atomic E-state index is 11.4. The molecule has 0 radical (unpaired) electrons. The molecule has 0 heterocycles. The summed E-state index contributed by atoms with van der Waals surface area (Å²) in [5.74, 6) is 3.97. The molecular weight excluding hydrogens is 304 g/mol. The number of aliphatic hydroxyl groups excluding tert-OH is 1. The maximum atomic E-state index is 11.4. The van der Waals surface area contributed by atoms with Crippen molar-refractivity contribution in [2.24, 2.45) is 40.9 Å². The van der Waals surface area contributed by atoms with Crippen molar-refractivity contribution in [1.82, 2.24) is 0 Å². The van der Waals surface area contributed by atoms with Crippen molar-refractivity contribution in [1.29, 1.82) is 0 Å². The van der Waals surface area contributed by atoms with E-state index in [0.717, 1.165) is 11.8 Å². The van der Waals surface area contributed by atoms with Crippen LogP contribution in [0.25, 0.3) is 0 Å². The van der Waals surface area contributed by atoms with Gasteiger partial charge in [-0.1, -0.05) is 52.4 Å². The highest BCUT2D eigenvalue weighted by atomic mass is 35.5. The molecule has 4 aliphatic carbocycles. The summed E-state index contributed by atoms with van der Waals surface area (Å²) in [6.07, 6.45) is 13.3. The predicted octanol–water partition coefficient (Wildman–Crippen LogP) is 5.63. The highest BCUT2D eigenvalue weighted by molar-refractivity contribution is 6.20. The van der Waals surface area contributed by atoms with Gasteiger partial charge in [0.2, 0.25) is 0 Å². The van der Waals surface area contributed by atoms with Crippen molar-refractivity contribution in [3.63, 3.8) is 0 Å². The molecule has 23 heavy (non-hydrogen) atoms. The first-order valence-electron chi connectivity index (χ1n) is 10.3. The molecule has 4 aliphatic rings. The first-order valence-corrected chi connectivity index (χ1v) is 10.8. The Bertz CT molecular complexity index is 428. The molecule has 4 fully saturated rings. The molecule has 0 bridgehead atoms. The molecule has 0 aromatic rings. The zero-order valence-electron chi connectivity index (χ0n) is 15.0. The number of hydrogen-bond acceptors (Lipinski definition) is 1. The van der Waals surface area contributed by atoms with E-state index in [-0.39, 0.29) is 11.5 Å². The smallest absolute Gasteiger partial charge is 0.0607 e. The summed E-state index contributed by atoms with van der Waals surface area (Å²) in [4.78, 5) is 0. The van der Waals surface area contributed by atoms with Crippen LogP contribution in [0.5, 0.6) is 0 Å². The van der Waals surface area contributed by atoms with Gasteiger partial charge in [-0.3, -0.25) is 0 Å². The van der Waals surface area contributed by atoms with Crippen LogP contribution in [0.4, 0.5) is 0 Å². The van der Waals surface area contributed by atoms with Crippen LogP contribution in [0.15, 0.2) is 0 Å². The van der Waals surface area contributed by atoms with Gasteiger partial charge >= 0.3 is 0 Å². The minimum Gasteiger partial charge on any atom is -0.393 e. The van der Waals surface area contributed by atoms with Gasteiger partial charge in [-0.25, -0.2) is 0 Å². The normalized spacial score (nSPS) is 50.3. The largest absolute Gasteiger partial charge is 0.393 e. The average molecular weight is 339 g/mol. The van der Waals surface area contributed by atoms with E-state index < -0.39 is 0 Å². The monoisotopic (exact) mass is 338 g/mol. The molecule has 132 valence electrons. The SMILES string of the molecule is CC1(C)C2CCCC(Cl)C2C2CCC(C3CCCCC3)C(O)C21. The molecule has 0 aliphatic heterocycles. The Morgan fingerprint density at radius 3 is 2.26 bits per heavy atom. The number of aliphatic hydroxyl groups is 1. The van der Waals surface area contributed by atoms with E-state index in [1.807, 2.05) is 0 Å². The topological polar surface area (TPSA) is 20.2 Å². The van der Waals surface area contributed by atoms with Crippen molar-refractivity contribution in [3.05, 3.63) is 0 Å². The molecule has 4 rings (SSSR count). The number of rotatable bonds is 1. The molecular formula is C21H35ClO. The first kappa shape index (κ1) is 16.7. The minimum absolute atomic E-state index is 0.0682. The summed E-state index contributed by atoms with van der Waals surface area (Å²) >= 11 is 6.82. The molecule has 4 saturated carbocycles. The zero-order valence-corrected chi connectivity index (χ0v) is 15.8. The first-order chi connectivity index (χ1) is 11.0. The van der Waals surface area contributed by atoms with Crippen LogP contribution >= 0.6 is 11.6 Å². The van der Waals surface area contributed by atoms with Gasteiger partial charge in [0.15, 0.2) is 0 Å². The Kier molecular flexibility index (Phi) is 4.50. The van der Waals surface area contributed by atoms with Crippen LogP contribution in [-0.2, 0) is 0 Å². The lowest BCUT2D eigenvalue weighted by Crippen LogP contribution is -2.46. The van der Waals surface area contributed by atoms with E-state index in [4.69, 9.17) is 11.6 Å². The number of fused-ring (bicyclic) bond motifs is 3. The van der Waals surface area contributed by atoms with E-state index in [9.17, 15) is 5.11 Å². The fraction of sp³-hybridized carbons (Fsp3) is 1.00. The average Bonchev–Trinajstić information content (AvgIpc) is 2.78. The summed E-state index contributed by atoms with van der Waals surface area (Å²) in [5, 5.41) is 11.8. The van der Waals surface area contributed by atoms with Crippen LogP contribution in [0.1, 0.15) is 78.1 Å². The van der Waals surface area contributed by atoms with Crippen LogP contribution in [0, 0.1) is 40.9 Å². The third-order valence-electron chi connectivity index (χ3n) is 8.54. The quantitative estimate of drug-likeness (QED) is 0.614. The van der Waals surface area contributed by atoms with Gasteiger partial charge in [0.25, 0.3) is 0 Å². The number of alkyl halides is 1. The highest BCUT2D eigenvalue weighted by Crippen LogP contribution is 2.65. The molecule has 7 atom stereocenters. The molecule has 0 saturated heterocycles. The Labute approximate surface area is 147 Å². The van der Waals surface area contributed by atoms with Gasteiger partial charge in [-0.05, 0) is 66.6 Å². The second-order valence-electron chi connectivity index (χ2n) is 9.77. The van der Waals surface area contributed by atoms with E-state index >= 15 is 0 Å². The fourth-order valence-electron chi connectivity index (χ4n) is 7.61. The lowest BCUT2D eigenvalue weighted by molar-refractivity contribution is -0.0715. The molecule has 7 unspecified atom stereocenters. The Morgan fingerprint density at radius 1 is 0.826 bits per heavy atom. The molecule has 2 heteroatoms. The maximum Gasteiger partial charge on any atom is 0.0607 e. The molecule has 1 N–H and O–H groups in total. The minimum atomic E-state index is -0.0682. The molecule has 0 spiro atoms. The molecule has 1 nitrogen and oxygen atoms in total. The lowest BCUT2D eigenvalue weighted by atomic mass is 9.60. The van der Waals surface area contributed by atoms with E-state index in [0.29, 0.717) is 29.0 Å². The van der Waals surface area contributed by atoms with E-state index in [1.54, 1.807) is 0 Å². The predicted molar refractivity (Wildman–Crippen MR) is 96.5 cm³/mol. The van der Waals surface area contributed by atoms with Crippen molar-refractivity contribution >= 4 is 11.6 Å². The summed E-state index contributed by atoms with van der Waals surface area (Å²) in [6, 6.07) is 0. The highest BCUT2D eigenvalue weighted by Gasteiger charge is 2.61. The standard InChI is InChI=1S/C21H35ClO/c1-21(2)16-9-6-10-17(22)18(16)15-12-11-14(20(23)19(15)21)13-7-4-3-5-8-13/h13-20,23H,3-12H2,1-2H3. The van der Waals surface area contributed by atoms with Crippen LogP contribution < -0.4 is 0 Å². The Hall–Kier alpha value is 0.250. The lowest BCUT2D eigenvalue weighted by Gasteiger charge is -2.47.